The van der Waals surface area contributed by atoms with Crippen LogP contribution in [0.3, 0.4) is 0 Å². The second-order valence-corrected chi connectivity index (χ2v) is 8.51. The molecule has 0 aliphatic carbocycles. The van der Waals surface area contributed by atoms with Crippen LogP contribution >= 0.6 is 11.8 Å². The Balaban J connectivity index is 3.18. The molecule has 156 valence electrons. The third kappa shape index (κ3) is 8.61. The van der Waals surface area contributed by atoms with Crippen LogP contribution in [0.5, 0.6) is 0 Å². The van der Waals surface area contributed by atoms with Crippen molar-refractivity contribution in [3.8, 4) is 0 Å². The molecule has 0 amide bonds. The third-order valence-electron chi connectivity index (χ3n) is 4.10. The van der Waals surface area contributed by atoms with Crippen LogP contribution in [0.25, 0.3) is 5.57 Å². The maximum atomic E-state index is 4.16. The van der Waals surface area contributed by atoms with E-state index in [-0.39, 0.29) is 0 Å². The highest BCUT2D eigenvalue weighted by atomic mass is 32.2. The summed E-state index contributed by atoms with van der Waals surface area (Å²) < 4.78 is 0. The van der Waals surface area contributed by atoms with E-state index in [0.29, 0.717) is 5.92 Å². The standard InChI is InChI=1S/C25H35N3S/c1-10-21(14-24(18(4)5)28-20(8)13-17(2)3)22-11-12-23(26-9)25(15-22)29-16-27-19(6)7/h10-12,14-15,17,27-28H,4,6,8-9,13,16H2,1-3,5,7H3/b21-10+,24-14+. The van der Waals surface area contributed by atoms with Crippen LogP contribution in [-0.4, -0.2) is 12.6 Å². The van der Waals surface area contributed by atoms with Gasteiger partial charge in [0.25, 0.3) is 0 Å². The second kappa shape index (κ2) is 12.2. The lowest BCUT2D eigenvalue weighted by Gasteiger charge is -2.16. The summed E-state index contributed by atoms with van der Waals surface area (Å²) in [7, 11) is 0. The maximum Gasteiger partial charge on any atom is 0.0759 e. The molecule has 0 bridgehead atoms. The van der Waals surface area contributed by atoms with Crippen molar-refractivity contribution in [2.45, 2.75) is 45.9 Å². The van der Waals surface area contributed by atoms with E-state index in [2.05, 4.69) is 80.2 Å². The minimum absolute atomic E-state index is 0.550. The molecule has 0 unspecified atom stereocenters. The van der Waals surface area contributed by atoms with Gasteiger partial charge in [0.05, 0.1) is 11.6 Å². The van der Waals surface area contributed by atoms with Gasteiger partial charge >= 0.3 is 0 Å². The second-order valence-electron chi connectivity index (χ2n) is 7.50. The number of benzene rings is 1. The van der Waals surface area contributed by atoms with Gasteiger partial charge in [-0.2, -0.15) is 0 Å². The minimum atomic E-state index is 0.550. The largest absolute Gasteiger partial charge is 0.380 e. The molecule has 2 N–H and O–H groups in total. The Morgan fingerprint density at radius 2 is 1.90 bits per heavy atom. The predicted octanol–water partition coefficient (Wildman–Crippen LogP) is 7.20. The molecule has 0 fully saturated rings. The first-order valence-electron chi connectivity index (χ1n) is 9.79. The molecular formula is C25H35N3S. The molecule has 0 aromatic heterocycles. The smallest absolute Gasteiger partial charge is 0.0759 e. The van der Waals surface area contributed by atoms with Crippen molar-refractivity contribution in [1.82, 2.24) is 10.6 Å². The Labute approximate surface area is 181 Å². The zero-order valence-electron chi connectivity index (χ0n) is 18.6. The van der Waals surface area contributed by atoms with Crippen molar-refractivity contribution < 1.29 is 0 Å². The average molecular weight is 410 g/mol. The van der Waals surface area contributed by atoms with E-state index >= 15 is 0 Å². The fourth-order valence-electron chi connectivity index (χ4n) is 2.67. The molecule has 1 aromatic carbocycles. The Hall–Kier alpha value is -2.46. The van der Waals surface area contributed by atoms with E-state index in [1.54, 1.807) is 11.8 Å². The van der Waals surface area contributed by atoms with E-state index in [0.717, 1.165) is 56.7 Å². The summed E-state index contributed by atoms with van der Waals surface area (Å²) in [5.74, 6) is 1.28. The highest BCUT2D eigenvalue weighted by molar-refractivity contribution is 7.99. The van der Waals surface area contributed by atoms with Crippen molar-refractivity contribution in [2.24, 2.45) is 10.9 Å². The SMILES string of the molecule is C=Nc1ccc(C(/C=C(/NC(=C)CC(C)C)C(=C)C)=C/C)cc1SCNC(=C)C. The minimum Gasteiger partial charge on any atom is -0.380 e. The number of hydrogen-bond donors (Lipinski definition) is 2. The highest BCUT2D eigenvalue weighted by Crippen LogP contribution is 2.33. The Bertz CT molecular complexity index is 828. The van der Waals surface area contributed by atoms with Gasteiger partial charge in [0, 0.05) is 22.0 Å². The van der Waals surface area contributed by atoms with Crippen LogP contribution in [0, 0.1) is 5.92 Å². The van der Waals surface area contributed by atoms with Crippen LogP contribution in [-0.2, 0) is 0 Å². The van der Waals surface area contributed by atoms with Crippen molar-refractivity contribution in [3.05, 3.63) is 78.3 Å². The van der Waals surface area contributed by atoms with Gasteiger partial charge in [0.1, 0.15) is 0 Å². The number of rotatable bonds is 12. The van der Waals surface area contributed by atoms with Gasteiger partial charge in [0.2, 0.25) is 0 Å². The molecule has 0 atom stereocenters. The van der Waals surface area contributed by atoms with Gasteiger partial charge < -0.3 is 10.6 Å². The zero-order valence-corrected chi connectivity index (χ0v) is 19.4. The molecule has 29 heavy (non-hydrogen) atoms. The molecule has 0 aliphatic heterocycles. The number of nitrogens with one attached hydrogen (secondary N) is 2. The van der Waals surface area contributed by atoms with Gasteiger partial charge in [-0.25, -0.2) is 0 Å². The Morgan fingerprint density at radius 3 is 2.41 bits per heavy atom. The molecule has 0 heterocycles. The van der Waals surface area contributed by atoms with E-state index in [9.17, 15) is 0 Å². The lowest BCUT2D eigenvalue weighted by atomic mass is 10.0. The molecule has 4 heteroatoms. The molecule has 3 nitrogen and oxygen atoms in total. The van der Waals surface area contributed by atoms with Gasteiger partial charge in [0.15, 0.2) is 0 Å². The average Bonchev–Trinajstić information content (AvgIpc) is 2.63. The summed E-state index contributed by atoms with van der Waals surface area (Å²) in [5.41, 5.74) is 7.00. The molecule has 1 aromatic rings. The summed E-state index contributed by atoms with van der Waals surface area (Å²) in [6.45, 7) is 26.2. The lowest BCUT2D eigenvalue weighted by Crippen LogP contribution is -2.14. The molecule has 0 aliphatic rings. The maximum absolute atomic E-state index is 4.16. The van der Waals surface area contributed by atoms with Gasteiger partial charge in [-0.05, 0) is 74.7 Å². The van der Waals surface area contributed by atoms with Crippen molar-refractivity contribution in [3.63, 3.8) is 0 Å². The van der Waals surface area contributed by atoms with Crippen LogP contribution in [0.15, 0.2) is 82.6 Å². The van der Waals surface area contributed by atoms with Crippen molar-refractivity contribution in [1.29, 1.82) is 0 Å². The van der Waals surface area contributed by atoms with Gasteiger partial charge in [-0.3, -0.25) is 4.99 Å². The first-order valence-corrected chi connectivity index (χ1v) is 10.8. The summed E-state index contributed by atoms with van der Waals surface area (Å²) in [6, 6.07) is 6.24. The van der Waals surface area contributed by atoms with Crippen LogP contribution in [0.4, 0.5) is 5.69 Å². The number of allylic oxidation sites excluding steroid dienone is 6. The number of hydrogen-bond acceptors (Lipinski definition) is 4. The molecule has 0 saturated carbocycles. The molecular weight excluding hydrogens is 374 g/mol. The molecule has 0 spiro atoms. The summed E-state index contributed by atoms with van der Waals surface area (Å²) in [5, 5.41) is 6.68. The number of thioether (sulfide) groups is 1. The van der Waals surface area contributed by atoms with Crippen molar-refractivity contribution >= 4 is 29.7 Å². The van der Waals surface area contributed by atoms with Crippen LogP contribution in [0.1, 0.15) is 46.6 Å². The molecule has 1 rings (SSSR count). The summed E-state index contributed by atoms with van der Waals surface area (Å²) >= 11 is 1.68. The number of aliphatic imine (C=N–C) groups is 1. The quantitative estimate of drug-likeness (QED) is 0.166. The first kappa shape index (κ1) is 24.6. The predicted molar refractivity (Wildman–Crippen MR) is 133 cm³/mol. The first-order chi connectivity index (χ1) is 13.7. The topological polar surface area (TPSA) is 36.4 Å². The van der Waals surface area contributed by atoms with E-state index in [4.69, 9.17) is 0 Å². The Morgan fingerprint density at radius 1 is 1.21 bits per heavy atom. The normalized spacial score (nSPS) is 11.9. The fraction of sp³-hybridized carbons (Fsp3) is 0.320. The summed E-state index contributed by atoms with van der Waals surface area (Å²) in [6.07, 6.45) is 5.16. The van der Waals surface area contributed by atoms with Crippen molar-refractivity contribution in [2.75, 3.05) is 5.88 Å². The third-order valence-corrected chi connectivity index (χ3v) is 5.03. The molecule has 0 saturated heterocycles. The van der Waals surface area contributed by atoms with E-state index in [1.807, 2.05) is 26.8 Å². The van der Waals surface area contributed by atoms with E-state index in [1.165, 1.54) is 0 Å². The zero-order chi connectivity index (χ0) is 22.0. The van der Waals surface area contributed by atoms with Crippen LogP contribution in [0.2, 0.25) is 0 Å². The van der Waals surface area contributed by atoms with Gasteiger partial charge in [-0.15, -0.1) is 11.8 Å². The lowest BCUT2D eigenvalue weighted by molar-refractivity contribution is 0.621. The monoisotopic (exact) mass is 409 g/mol. The fourth-order valence-corrected chi connectivity index (χ4v) is 3.63. The highest BCUT2D eigenvalue weighted by Gasteiger charge is 2.09. The summed E-state index contributed by atoms with van der Waals surface area (Å²) in [4.78, 5) is 5.23. The van der Waals surface area contributed by atoms with Gasteiger partial charge in [-0.1, -0.05) is 45.7 Å². The molecule has 0 radical (unpaired) electrons. The van der Waals surface area contributed by atoms with E-state index < -0.39 is 0 Å². The van der Waals surface area contributed by atoms with Crippen LogP contribution < -0.4 is 10.6 Å². The number of nitrogens with zero attached hydrogens (tertiary/aromatic N) is 1. The Kier molecular flexibility index (Phi) is 10.3.